The first-order valence-corrected chi connectivity index (χ1v) is 8.92. The summed E-state index contributed by atoms with van der Waals surface area (Å²) in [6.07, 6.45) is 6.38. The number of aromatic hydroxyl groups is 1. The van der Waals surface area contributed by atoms with Gasteiger partial charge in [-0.05, 0) is 68.8 Å². The maximum atomic E-state index is 12.6. The molecule has 128 valence electrons. The van der Waals surface area contributed by atoms with Gasteiger partial charge in [0, 0.05) is 37.0 Å². The van der Waals surface area contributed by atoms with E-state index in [1.165, 1.54) is 19.3 Å². The Hall–Kier alpha value is -2.07. The Morgan fingerprint density at radius 2 is 1.83 bits per heavy atom. The summed E-state index contributed by atoms with van der Waals surface area (Å²) in [5.74, 6) is 0.471. The monoisotopic (exact) mass is 326 g/mol. The Kier molecular flexibility index (Phi) is 5.36. The summed E-state index contributed by atoms with van der Waals surface area (Å²) in [4.78, 5) is 15.0. The van der Waals surface area contributed by atoms with Gasteiger partial charge in [-0.15, -0.1) is 0 Å². The third-order valence-corrected chi connectivity index (χ3v) is 4.83. The number of aromatic nitrogens is 1. The molecule has 1 fully saturated rings. The normalized spacial score (nSPS) is 15.5. The lowest BCUT2D eigenvalue weighted by Crippen LogP contribution is -2.31. The van der Waals surface area contributed by atoms with E-state index in [-0.39, 0.29) is 11.5 Å². The fourth-order valence-corrected chi connectivity index (χ4v) is 3.39. The van der Waals surface area contributed by atoms with E-state index < -0.39 is 0 Å². The molecule has 2 aromatic rings. The number of carbonyl (C=O) groups excluding carboxylic acids is 1. The van der Waals surface area contributed by atoms with Crippen LogP contribution in [-0.2, 0) is 6.54 Å². The summed E-state index contributed by atoms with van der Waals surface area (Å²) >= 11 is 0. The van der Waals surface area contributed by atoms with Crippen LogP contribution in [0.25, 0.3) is 11.3 Å². The van der Waals surface area contributed by atoms with Crippen molar-refractivity contribution in [2.75, 3.05) is 19.6 Å². The van der Waals surface area contributed by atoms with Crippen LogP contribution in [0.4, 0.5) is 0 Å². The first-order chi connectivity index (χ1) is 11.7. The van der Waals surface area contributed by atoms with Crippen LogP contribution in [0.2, 0.25) is 0 Å². The number of Topliss-reactive ketones (excluding diaryl/α,β-unsaturated/α-hetero) is 1. The zero-order chi connectivity index (χ0) is 16.9. The number of hydrogen-bond acceptors (Lipinski definition) is 3. The molecular formula is C20H26N2O2. The first-order valence-electron chi connectivity index (χ1n) is 8.92. The van der Waals surface area contributed by atoms with Gasteiger partial charge in [-0.1, -0.05) is 6.42 Å². The molecule has 0 amide bonds. The van der Waals surface area contributed by atoms with E-state index in [9.17, 15) is 9.90 Å². The van der Waals surface area contributed by atoms with Gasteiger partial charge in [0.05, 0.1) is 0 Å². The average Bonchev–Trinajstić information content (AvgIpc) is 3.05. The van der Waals surface area contributed by atoms with Crippen molar-refractivity contribution in [3.8, 4) is 17.0 Å². The zero-order valence-electron chi connectivity index (χ0n) is 14.4. The van der Waals surface area contributed by atoms with Crippen molar-refractivity contribution in [3.63, 3.8) is 0 Å². The van der Waals surface area contributed by atoms with Crippen molar-refractivity contribution >= 4 is 5.78 Å². The molecule has 1 saturated heterocycles. The van der Waals surface area contributed by atoms with E-state index in [0.717, 1.165) is 43.0 Å². The molecule has 4 nitrogen and oxygen atoms in total. The quantitative estimate of drug-likeness (QED) is 0.818. The molecule has 2 heterocycles. The summed E-state index contributed by atoms with van der Waals surface area (Å²) in [6, 6.07) is 9.12. The van der Waals surface area contributed by atoms with Gasteiger partial charge >= 0.3 is 0 Å². The smallest absolute Gasteiger partial charge is 0.165 e. The molecule has 1 aromatic heterocycles. The molecule has 1 aliphatic heterocycles. The Morgan fingerprint density at radius 1 is 1.12 bits per heavy atom. The minimum atomic E-state index is 0.216. The van der Waals surface area contributed by atoms with E-state index >= 15 is 0 Å². The van der Waals surface area contributed by atoms with E-state index in [0.29, 0.717) is 6.42 Å². The number of nitrogens with zero attached hydrogens (tertiary/aromatic N) is 2. The van der Waals surface area contributed by atoms with Gasteiger partial charge in [-0.2, -0.15) is 0 Å². The third kappa shape index (κ3) is 3.88. The number of rotatable bonds is 6. The predicted octanol–water partition coefficient (Wildman–Crippen LogP) is 3.94. The molecule has 3 rings (SSSR count). The maximum absolute atomic E-state index is 12.6. The van der Waals surface area contributed by atoms with Gasteiger partial charge in [-0.3, -0.25) is 4.79 Å². The number of piperidine rings is 1. The SMILES string of the molecule is CCn1cc(C(=O)CCN2CCCCC2)cc1-c1ccc(O)cc1. The minimum Gasteiger partial charge on any atom is -0.508 e. The van der Waals surface area contributed by atoms with Crippen LogP contribution in [0.15, 0.2) is 36.5 Å². The van der Waals surface area contributed by atoms with Gasteiger partial charge in [0.25, 0.3) is 0 Å². The van der Waals surface area contributed by atoms with Crippen LogP contribution in [0.5, 0.6) is 5.75 Å². The van der Waals surface area contributed by atoms with E-state index in [4.69, 9.17) is 0 Å². The van der Waals surface area contributed by atoms with Crippen LogP contribution in [-0.4, -0.2) is 40.0 Å². The highest BCUT2D eigenvalue weighted by atomic mass is 16.3. The van der Waals surface area contributed by atoms with Crippen LogP contribution in [0.1, 0.15) is 43.0 Å². The second-order valence-corrected chi connectivity index (χ2v) is 6.52. The molecule has 4 heteroatoms. The van der Waals surface area contributed by atoms with Crippen molar-refractivity contribution in [3.05, 3.63) is 42.1 Å². The van der Waals surface area contributed by atoms with Crippen molar-refractivity contribution in [1.82, 2.24) is 9.47 Å². The molecule has 1 aliphatic rings. The number of benzene rings is 1. The molecule has 1 N–H and O–H groups in total. The van der Waals surface area contributed by atoms with Gasteiger partial charge in [0.1, 0.15) is 5.75 Å². The zero-order valence-corrected chi connectivity index (χ0v) is 14.4. The third-order valence-electron chi connectivity index (χ3n) is 4.83. The van der Waals surface area contributed by atoms with Crippen LogP contribution in [0.3, 0.4) is 0 Å². The van der Waals surface area contributed by atoms with Crippen LogP contribution in [0, 0.1) is 0 Å². The number of aryl methyl sites for hydroxylation is 1. The molecule has 0 atom stereocenters. The summed E-state index contributed by atoms with van der Waals surface area (Å²) < 4.78 is 2.10. The molecule has 0 bridgehead atoms. The highest BCUT2D eigenvalue weighted by Crippen LogP contribution is 2.25. The Morgan fingerprint density at radius 3 is 2.50 bits per heavy atom. The van der Waals surface area contributed by atoms with Crippen molar-refractivity contribution in [1.29, 1.82) is 0 Å². The molecule has 0 unspecified atom stereocenters. The number of carbonyl (C=O) groups is 1. The number of phenolic OH excluding ortho intramolecular Hbond substituents is 1. The Balaban J connectivity index is 1.71. The fourth-order valence-electron chi connectivity index (χ4n) is 3.39. The summed E-state index contributed by atoms with van der Waals surface area (Å²) in [5, 5.41) is 9.45. The molecule has 0 saturated carbocycles. The number of likely N-dealkylation sites (tertiary alicyclic amines) is 1. The summed E-state index contributed by atoms with van der Waals surface area (Å²) in [5.41, 5.74) is 2.83. The molecular weight excluding hydrogens is 300 g/mol. The van der Waals surface area contributed by atoms with E-state index in [1.807, 2.05) is 24.4 Å². The molecule has 1 aromatic carbocycles. The van der Waals surface area contributed by atoms with Crippen molar-refractivity contribution in [2.45, 2.75) is 39.2 Å². The maximum Gasteiger partial charge on any atom is 0.165 e. The van der Waals surface area contributed by atoms with Crippen molar-refractivity contribution in [2.24, 2.45) is 0 Å². The number of hydrogen-bond donors (Lipinski definition) is 1. The lowest BCUT2D eigenvalue weighted by atomic mass is 10.1. The highest BCUT2D eigenvalue weighted by Gasteiger charge is 2.16. The Labute approximate surface area is 143 Å². The minimum absolute atomic E-state index is 0.216. The van der Waals surface area contributed by atoms with E-state index in [2.05, 4.69) is 16.4 Å². The van der Waals surface area contributed by atoms with Gasteiger partial charge < -0.3 is 14.6 Å². The van der Waals surface area contributed by atoms with Crippen LogP contribution >= 0.6 is 0 Å². The Bertz CT molecular complexity index is 682. The molecule has 0 aliphatic carbocycles. The van der Waals surface area contributed by atoms with Crippen LogP contribution < -0.4 is 0 Å². The first kappa shape index (κ1) is 16.8. The van der Waals surface area contributed by atoms with Gasteiger partial charge in [-0.25, -0.2) is 0 Å². The predicted molar refractivity (Wildman–Crippen MR) is 96.4 cm³/mol. The topological polar surface area (TPSA) is 45.5 Å². The van der Waals surface area contributed by atoms with Crippen molar-refractivity contribution < 1.29 is 9.90 Å². The fraction of sp³-hybridized carbons (Fsp3) is 0.450. The average molecular weight is 326 g/mol. The largest absolute Gasteiger partial charge is 0.508 e. The molecule has 24 heavy (non-hydrogen) atoms. The standard InChI is InChI=1S/C20H26N2O2/c1-2-22-15-17(14-19(22)16-6-8-18(23)9-7-16)20(24)10-13-21-11-4-3-5-12-21/h6-9,14-15,23H,2-5,10-13H2,1H3. The second kappa shape index (κ2) is 7.67. The summed E-state index contributed by atoms with van der Waals surface area (Å²) in [7, 11) is 0. The number of ketones is 1. The lowest BCUT2D eigenvalue weighted by molar-refractivity contribution is 0.0958. The molecule has 0 spiro atoms. The van der Waals surface area contributed by atoms with E-state index in [1.54, 1.807) is 12.1 Å². The highest BCUT2D eigenvalue weighted by molar-refractivity contribution is 5.97. The summed E-state index contributed by atoms with van der Waals surface area (Å²) in [6.45, 7) is 6.01. The second-order valence-electron chi connectivity index (χ2n) is 6.52. The van der Waals surface area contributed by atoms with Gasteiger partial charge in [0.15, 0.2) is 5.78 Å². The number of phenols is 1. The molecule has 0 radical (unpaired) electrons. The van der Waals surface area contributed by atoms with Gasteiger partial charge in [0.2, 0.25) is 0 Å². The lowest BCUT2D eigenvalue weighted by Gasteiger charge is -2.25.